The maximum atomic E-state index is 0. The maximum absolute atomic E-state index is 0. The molecule has 0 N–H and O–H groups in total. The standard InChI is InChI=1S/Hf.In.O.Sn/q+4;+3;-2;+4. The first-order chi connectivity index (χ1) is 0. The van der Waals surface area contributed by atoms with E-state index in [2.05, 4.69) is 0 Å². The van der Waals surface area contributed by atoms with E-state index in [9.17, 15) is 0 Å². The third-order valence-electron chi connectivity index (χ3n) is 0. The monoisotopic (exact) mass is 431 g/mol. The molecule has 0 saturated heterocycles. The van der Waals surface area contributed by atoms with Crippen molar-refractivity contribution in [3.05, 3.63) is 0 Å². The zero-order valence-corrected chi connectivity index (χ0v) is 11.7. The first kappa shape index (κ1) is 31.5. The van der Waals surface area contributed by atoms with Crippen LogP contribution in [-0.2, 0) is 31.3 Å². The van der Waals surface area contributed by atoms with Gasteiger partial charge in [0.25, 0.3) is 0 Å². The van der Waals surface area contributed by atoms with Crippen LogP contribution >= 0.6 is 0 Å². The van der Waals surface area contributed by atoms with Gasteiger partial charge in [0.15, 0.2) is 0 Å². The predicted octanol–water partition coefficient (Wildman–Crippen LogP) is -0.883. The summed E-state index contributed by atoms with van der Waals surface area (Å²) in [5.41, 5.74) is 0. The van der Waals surface area contributed by atoms with E-state index in [-0.39, 0.29) is 81.1 Å². The molecule has 0 aromatic heterocycles. The molecule has 0 aliphatic carbocycles. The zero-order valence-electron chi connectivity index (χ0n) is 1.99. The quantitative estimate of drug-likeness (QED) is 0.449. The molecule has 0 heterocycles. The van der Waals surface area contributed by atoms with Gasteiger partial charge in [0.05, 0.1) is 0 Å². The van der Waals surface area contributed by atoms with Crippen LogP contribution in [0.1, 0.15) is 0 Å². The van der Waals surface area contributed by atoms with Gasteiger partial charge in [0.1, 0.15) is 0 Å². The summed E-state index contributed by atoms with van der Waals surface area (Å²) in [6.07, 6.45) is 0. The largest absolute Gasteiger partial charge is 4.00 e. The van der Waals surface area contributed by atoms with Crippen LogP contribution in [0.25, 0.3) is 0 Å². The van der Waals surface area contributed by atoms with Gasteiger partial charge >= 0.3 is 75.6 Å². The smallest absolute Gasteiger partial charge is 2.00 e. The van der Waals surface area contributed by atoms with Crippen LogP contribution in [-0.4, -0.2) is 49.8 Å². The molecule has 8 valence electrons. The Balaban J connectivity index is 0. The minimum Gasteiger partial charge on any atom is -2.00 e. The second-order valence-corrected chi connectivity index (χ2v) is 0. The van der Waals surface area contributed by atoms with Crippen molar-refractivity contribution in [2.75, 3.05) is 0 Å². The molecule has 1 nitrogen and oxygen atoms in total. The molecule has 0 aliphatic heterocycles. The average molecular weight is 428 g/mol. The molecule has 0 fully saturated rings. The van der Waals surface area contributed by atoms with Gasteiger partial charge in [0, 0.05) is 0 Å². The Kier molecular flexibility index (Phi) is 140. The Labute approximate surface area is 79.7 Å². The van der Waals surface area contributed by atoms with Crippen molar-refractivity contribution >= 4 is 49.8 Å². The Morgan fingerprint density at radius 2 is 1.00 bits per heavy atom. The molecule has 0 aromatic rings. The van der Waals surface area contributed by atoms with Crippen molar-refractivity contribution in [3.8, 4) is 0 Å². The van der Waals surface area contributed by atoms with Crippen molar-refractivity contribution in [1.29, 1.82) is 0 Å². The summed E-state index contributed by atoms with van der Waals surface area (Å²) in [5, 5.41) is 0. The van der Waals surface area contributed by atoms with Crippen molar-refractivity contribution in [1.82, 2.24) is 0 Å². The van der Waals surface area contributed by atoms with Gasteiger partial charge in [-0.2, -0.15) is 0 Å². The van der Waals surface area contributed by atoms with Gasteiger partial charge < -0.3 is 5.48 Å². The fourth-order valence-electron chi connectivity index (χ4n) is 0. The normalized spacial score (nSPS) is 0. The number of rotatable bonds is 0. The van der Waals surface area contributed by atoms with Crippen molar-refractivity contribution in [3.63, 3.8) is 0 Å². The molecule has 0 unspecified atom stereocenters. The van der Waals surface area contributed by atoms with E-state index in [0.717, 1.165) is 0 Å². The first-order valence-corrected chi connectivity index (χ1v) is 0. The number of hydrogen-bond acceptors (Lipinski definition) is 0. The molecule has 0 radical (unpaired) electrons. The van der Waals surface area contributed by atoms with E-state index < -0.39 is 0 Å². The second-order valence-electron chi connectivity index (χ2n) is 0. The van der Waals surface area contributed by atoms with E-state index in [1.807, 2.05) is 0 Å². The van der Waals surface area contributed by atoms with Crippen molar-refractivity contribution in [2.45, 2.75) is 0 Å². The van der Waals surface area contributed by atoms with Crippen molar-refractivity contribution < 1.29 is 31.3 Å². The van der Waals surface area contributed by atoms with Crippen LogP contribution in [0.4, 0.5) is 0 Å². The summed E-state index contributed by atoms with van der Waals surface area (Å²) in [4.78, 5) is 0. The van der Waals surface area contributed by atoms with Crippen LogP contribution in [0, 0.1) is 0 Å². The number of hydrogen-bond donors (Lipinski definition) is 0. The Bertz CT molecular complexity index is 8.00. The van der Waals surface area contributed by atoms with E-state index in [4.69, 9.17) is 0 Å². The summed E-state index contributed by atoms with van der Waals surface area (Å²) < 4.78 is 0. The third kappa shape index (κ3) is 8.82. The van der Waals surface area contributed by atoms with Crippen LogP contribution < -0.4 is 0 Å². The topological polar surface area (TPSA) is 28.5 Å². The molecular weight excluding hydrogens is 428 g/mol. The average Bonchev–Trinajstić information content (AvgIpc) is 0. The third-order valence-corrected chi connectivity index (χ3v) is 0. The predicted molar refractivity (Wildman–Crippen MR) is 12.2 cm³/mol. The second kappa shape index (κ2) is 17.8. The Morgan fingerprint density at radius 1 is 1.00 bits per heavy atom. The van der Waals surface area contributed by atoms with Crippen LogP contribution in [0.2, 0.25) is 0 Å². The van der Waals surface area contributed by atoms with Gasteiger partial charge in [-0.05, 0) is 0 Å². The van der Waals surface area contributed by atoms with Gasteiger partial charge in [-0.15, -0.1) is 0 Å². The van der Waals surface area contributed by atoms with E-state index in [1.165, 1.54) is 0 Å². The molecule has 0 atom stereocenters. The zero-order chi connectivity index (χ0) is 0. The van der Waals surface area contributed by atoms with Gasteiger partial charge in [0.2, 0.25) is 0 Å². The van der Waals surface area contributed by atoms with Crippen molar-refractivity contribution in [2.24, 2.45) is 0 Å². The molecule has 0 aliphatic rings. The molecule has 0 bridgehead atoms. The first-order valence-electron chi connectivity index (χ1n) is 0. The molecule has 0 amide bonds. The molecule has 4 heavy (non-hydrogen) atoms. The summed E-state index contributed by atoms with van der Waals surface area (Å²) in [6, 6.07) is 0. The Hall–Kier alpha value is 2.50. The molecule has 0 rings (SSSR count). The summed E-state index contributed by atoms with van der Waals surface area (Å²) >= 11 is 0. The minimum absolute atomic E-state index is 0. The van der Waals surface area contributed by atoms with E-state index in [0.29, 0.717) is 0 Å². The Morgan fingerprint density at radius 3 is 1.00 bits per heavy atom. The van der Waals surface area contributed by atoms with Gasteiger partial charge in [-0.3, -0.25) is 0 Å². The fraction of sp³-hybridized carbons (Fsp3) is 0. The summed E-state index contributed by atoms with van der Waals surface area (Å²) in [5.74, 6) is 0. The van der Waals surface area contributed by atoms with Crippen LogP contribution in [0.3, 0.4) is 0 Å². The fourth-order valence-corrected chi connectivity index (χ4v) is 0. The van der Waals surface area contributed by atoms with E-state index in [1.54, 1.807) is 0 Å². The van der Waals surface area contributed by atoms with Crippen LogP contribution in [0.5, 0.6) is 0 Å². The molecular formula is HfInOSn+9. The maximum Gasteiger partial charge on any atom is 4.00 e. The summed E-state index contributed by atoms with van der Waals surface area (Å²) in [7, 11) is 0. The summed E-state index contributed by atoms with van der Waals surface area (Å²) in [6.45, 7) is 0. The molecule has 0 saturated carbocycles. The minimum atomic E-state index is 0. The molecule has 4 heteroatoms. The molecule has 0 aromatic carbocycles. The van der Waals surface area contributed by atoms with E-state index >= 15 is 0 Å². The van der Waals surface area contributed by atoms with Crippen LogP contribution in [0.15, 0.2) is 0 Å². The molecule has 0 spiro atoms. The van der Waals surface area contributed by atoms with Gasteiger partial charge in [-0.25, -0.2) is 0 Å². The SMILES string of the molecule is [Hf+4].[In+3].[O-2].[Sn+4]. The van der Waals surface area contributed by atoms with Gasteiger partial charge in [-0.1, -0.05) is 0 Å².